The van der Waals surface area contributed by atoms with E-state index in [0.717, 1.165) is 22.2 Å². The zero-order valence-electron chi connectivity index (χ0n) is 21.1. The highest BCUT2D eigenvalue weighted by molar-refractivity contribution is 6.09. The Hall–Kier alpha value is -4.39. The van der Waals surface area contributed by atoms with E-state index in [0.29, 0.717) is 28.1 Å². The van der Waals surface area contributed by atoms with E-state index in [1.807, 2.05) is 75.4 Å². The van der Waals surface area contributed by atoms with Crippen LogP contribution in [0.4, 0.5) is 11.4 Å². The van der Waals surface area contributed by atoms with Crippen molar-refractivity contribution in [1.82, 2.24) is 15.6 Å². The molecule has 7 nitrogen and oxygen atoms in total. The number of amides is 2. The third kappa shape index (κ3) is 5.30. The third-order valence-corrected chi connectivity index (χ3v) is 5.65. The van der Waals surface area contributed by atoms with Gasteiger partial charge in [-0.1, -0.05) is 30.3 Å². The van der Waals surface area contributed by atoms with Gasteiger partial charge in [0.25, 0.3) is 11.8 Å². The normalized spacial score (nSPS) is 11.1. The number of methoxy groups -OCH3 is 1. The van der Waals surface area contributed by atoms with Crippen molar-refractivity contribution in [2.24, 2.45) is 0 Å². The van der Waals surface area contributed by atoms with Gasteiger partial charge in [0.05, 0.1) is 23.9 Å². The Labute approximate surface area is 210 Å². The second-order valence-electron chi connectivity index (χ2n) is 9.47. The molecule has 3 aromatic carbocycles. The number of anilines is 2. The van der Waals surface area contributed by atoms with Crippen molar-refractivity contribution in [3.8, 4) is 16.9 Å². The van der Waals surface area contributed by atoms with E-state index in [2.05, 4.69) is 20.9 Å². The molecular formula is C29H30N4O3. The van der Waals surface area contributed by atoms with Gasteiger partial charge in [-0.15, -0.1) is 0 Å². The van der Waals surface area contributed by atoms with Crippen LogP contribution in [0.25, 0.3) is 22.0 Å². The minimum Gasteiger partial charge on any atom is -0.496 e. The molecule has 0 fully saturated rings. The molecule has 0 aliphatic rings. The molecule has 0 unspecified atom stereocenters. The van der Waals surface area contributed by atoms with Crippen LogP contribution in [0.2, 0.25) is 0 Å². The summed E-state index contributed by atoms with van der Waals surface area (Å²) in [6, 6.07) is 20.8. The van der Waals surface area contributed by atoms with Crippen LogP contribution in [-0.4, -0.2) is 36.5 Å². The van der Waals surface area contributed by atoms with Crippen LogP contribution in [0.3, 0.4) is 0 Å². The van der Waals surface area contributed by atoms with Crippen molar-refractivity contribution in [2.45, 2.75) is 26.3 Å². The lowest BCUT2D eigenvalue weighted by molar-refractivity contribution is 0.0918. The van der Waals surface area contributed by atoms with Gasteiger partial charge < -0.3 is 20.7 Å². The third-order valence-electron chi connectivity index (χ3n) is 5.65. The monoisotopic (exact) mass is 482 g/mol. The number of hydrogen-bond acceptors (Lipinski definition) is 5. The number of benzene rings is 3. The van der Waals surface area contributed by atoms with E-state index in [-0.39, 0.29) is 11.8 Å². The Kier molecular flexibility index (Phi) is 6.92. The predicted octanol–water partition coefficient (Wildman–Crippen LogP) is 5.54. The summed E-state index contributed by atoms with van der Waals surface area (Å²) >= 11 is 0. The molecule has 184 valence electrons. The lowest BCUT2D eigenvalue weighted by Crippen LogP contribution is -2.40. The number of carbonyl (C=O) groups excluding carboxylic acids is 2. The number of pyridine rings is 1. The minimum atomic E-state index is -0.409. The first-order chi connectivity index (χ1) is 17.2. The van der Waals surface area contributed by atoms with Gasteiger partial charge in [-0.25, -0.2) is 0 Å². The molecule has 0 saturated carbocycles. The topological polar surface area (TPSA) is 92.4 Å². The molecule has 0 aliphatic heterocycles. The van der Waals surface area contributed by atoms with E-state index in [4.69, 9.17) is 4.74 Å². The van der Waals surface area contributed by atoms with Crippen LogP contribution in [0, 0.1) is 0 Å². The zero-order chi connectivity index (χ0) is 25.9. The summed E-state index contributed by atoms with van der Waals surface area (Å²) in [5.41, 5.74) is 4.47. The lowest BCUT2D eigenvalue weighted by atomic mass is 9.98. The van der Waals surface area contributed by atoms with Crippen LogP contribution in [0.5, 0.6) is 5.75 Å². The fraction of sp³-hybridized carbons (Fsp3) is 0.207. The van der Waals surface area contributed by atoms with Gasteiger partial charge in [-0.2, -0.15) is 0 Å². The van der Waals surface area contributed by atoms with E-state index in [1.165, 1.54) is 0 Å². The van der Waals surface area contributed by atoms with Crippen LogP contribution in [-0.2, 0) is 0 Å². The minimum absolute atomic E-state index is 0.153. The number of aromatic nitrogens is 1. The van der Waals surface area contributed by atoms with Crippen LogP contribution in [0.15, 0.2) is 72.9 Å². The molecule has 3 N–H and O–H groups in total. The summed E-state index contributed by atoms with van der Waals surface area (Å²) in [5.74, 6) is 0.267. The van der Waals surface area contributed by atoms with Gasteiger partial charge in [0, 0.05) is 47.1 Å². The maximum Gasteiger partial charge on any atom is 0.255 e. The molecule has 1 heterocycles. The quantitative estimate of drug-likeness (QED) is 0.335. The number of ether oxygens (including phenoxy) is 1. The molecule has 36 heavy (non-hydrogen) atoms. The summed E-state index contributed by atoms with van der Waals surface area (Å²) in [6.07, 6.45) is 1.59. The number of fused-ring (bicyclic) bond motifs is 1. The van der Waals surface area contributed by atoms with Gasteiger partial charge in [-0.3, -0.25) is 14.6 Å². The second-order valence-corrected chi connectivity index (χ2v) is 9.47. The average molecular weight is 483 g/mol. The SMILES string of the molecule is CNC(=O)c1ccc(-c2cc3c(Nc4ccccc4)c(C(=O)NC(C)(C)C)cnc3cc2OC)cc1. The maximum absolute atomic E-state index is 13.3. The smallest absolute Gasteiger partial charge is 0.255 e. The Bertz CT molecular complexity index is 1410. The summed E-state index contributed by atoms with van der Waals surface area (Å²) in [6.45, 7) is 5.82. The van der Waals surface area contributed by atoms with Crippen LogP contribution in [0.1, 0.15) is 41.5 Å². The number of para-hydroxylation sites is 1. The first kappa shape index (κ1) is 24.7. The van der Waals surface area contributed by atoms with Gasteiger partial charge in [-0.05, 0) is 56.7 Å². The second kappa shape index (κ2) is 10.1. The molecule has 0 saturated heterocycles. The Balaban J connectivity index is 1.91. The summed E-state index contributed by atoms with van der Waals surface area (Å²) in [5, 5.41) is 9.87. The molecule has 7 heteroatoms. The predicted molar refractivity (Wildman–Crippen MR) is 144 cm³/mol. The van der Waals surface area contributed by atoms with E-state index >= 15 is 0 Å². The van der Waals surface area contributed by atoms with Gasteiger partial charge >= 0.3 is 0 Å². The zero-order valence-corrected chi connectivity index (χ0v) is 21.1. The first-order valence-electron chi connectivity index (χ1n) is 11.7. The summed E-state index contributed by atoms with van der Waals surface area (Å²) < 4.78 is 5.69. The van der Waals surface area contributed by atoms with Crippen molar-refractivity contribution in [3.05, 3.63) is 84.1 Å². The molecule has 2 amide bonds. The number of rotatable bonds is 6. The standard InChI is InChI=1S/C29H30N4O3/c1-29(2,3)33-28(35)23-17-31-24-16-25(36-5)21(18-11-13-19(14-12-18)27(34)30-4)15-22(24)26(23)32-20-9-7-6-8-10-20/h6-17H,1-5H3,(H,30,34)(H,31,32)(H,33,35). The van der Waals surface area contributed by atoms with Crippen molar-refractivity contribution in [1.29, 1.82) is 0 Å². The fourth-order valence-corrected chi connectivity index (χ4v) is 3.94. The number of hydrogen-bond donors (Lipinski definition) is 3. The molecule has 0 bridgehead atoms. The molecular weight excluding hydrogens is 452 g/mol. The van der Waals surface area contributed by atoms with Gasteiger partial charge in [0.1, 0.15) is 5.75 Å². The van der Waals surface area contributed by atoms with Crippen molar-refractivity contribution < 1.29 is 14.3 Å². The fourth-order valence-electron chi connectivity index (χ4n) is 3.94. The maximum atomic E-state index is 13.3. The van der Waals surface area contributed by atoms with E-state index < -0.39 is 5.54 Å². The lowest BCUT2D eigenvalue weighted by Gasteiger charge is -2.22. The van der Waals surface area contributed by atoms with Crippen molar-refractivity contribution >= 4 is 34.1 Å². The van der Waals surface area contributed by atoms with Crippen molar-refractivity contribution in [3.63, 3.8) is 0 Å². The highest BCUT2D eigenvalue weighted by Gasteiger charge is 2.22. The van der Waals surface area contributed by atoms with Gasteiger partial charge in [0.2, 0.25) is 0 Å². The Morgan fingerprint density at radius 2 is 1.61 bits per heavy atom. The van der Waals surface area contributed by atoms with Gasteiger partial charge in [0.15, 0.2) is 0 Å². The molecule has 0 aliphatic carbocycles. The molecule has 4 aromatic rings. The first-order valence-corrected chi connectivity index (χ1v) is 11.7. The van der Waals surface area contributed by atoms with Crippen LogP contribution < -0.4 is 20.7 Å². The number of carbonyl (C=O) groups is 2. The van der Waals surface area contributed by atoms with Crippen LogP contribution >= 0.6 is 0 Å². The molecule has 4 rings (SSSR count). The van der Waals surface area contributed by atoms with E-state index in [1.54, 1.807) is 32.5 Å². The number of nitrogens with one attached hydrogen (secondary N) is 3. The Morgan fingerprint density at radius 3 is 2.22 bits per heavy atom. The van der Waals surface area contributed by atoms with Crippen molar-refractivity contribution in [2.75, 3.05) is 19.5 Å². The molecule has 0 atom stereocenters. The molecule has 0 radical (unpaired) electrons. The highest BCUT2D eigenvalue weighted by Crippen LogP contribution is 2.38. The molecule has 1 aromatic heterocycles. The summed E-state index contributed by atoms with van der Waals surface area (Å²) in [7, 11) is 3.21. The number of nitrogens with zero attached hydrogens (tertiary/aromatic N) is 1. The largest absolute Gasteiger partial charge is 0.496 e. The van der Waals surface area contributed by atoms with E-state index in [9.17, 15) is 9.59 Å². The molecule has 0 spiro atoms. The summed E-state index contributed by atoms with van der Waals surface area (Å²) in [4.78, 5) is 29.8. The average Bonchev–Trinajstić information content (AvgIpc) is 2.87. The Morgan fingerprint density at radius 1 is 0.917 bits per heavy atom. The highest BCUT2D eigenvalue weighted by atomic mass is 16.5.